The Bertz CT molecular complexity index is 169. The molecule has 2 fully saturated rings. The summed E-state index contributed by atoms with van der Waals surface area (Å²) < 4.78 is 0. The largest absolute Gasteiger partial charge is 0.326 e. The van der Waals surface area contributed by atoms with Crippen molar-refractivity contribution in [3.63, 3.8) is 0 Å². The van der Waals surface area contributed by atoms with Gasteiger partial charge in [-0.3, -0.25) is 4.90 Å². The first-order chi connectivity index (χ1) is 6.25. The average Bonchev–Trinajstić information content (AvgIpc) is 2.53. The van der Waals surface area contributed by atoms with E-state index in [0.29, 0.717) is 6.04 Å². The number of nitrogens with two attached hydrogens (primary N) is 1. The molecule has 3 nitrogen and oxygen atoms in total. The normalized spacial score (nSPS) is 31.7. The highest BCUT2D eigenvalue weighted by atomic mass is 35.5. The summed E-state index contributed by atoms with van der Waals surface area (Å²) in [4.78, 5) is 5.02. The number of nitrogens with zero attached hydrogens (tertiary/aromatic N) is 2. The van der Waals surface area contributed by atoms with Gasteiger partial charge in [0.25, 0.3) is 0 Å². The third kappa shape index (κ3) is 2.83. The van der Waals surface area contributed by atoms with E-state index in [1.807, 2.05) is 0 Å². The van der Waals surface area contributed by atoms with Gasteiger partial charge in [-0.05, 0) is 39.4 Å². The Morgan fingerprint density at radius 3 is 2.21 bits per heavy atom. The molecule has 0 radical (unpaired) electrons. The minimum atomic E-state index is 0. The van der Waals surface area contributed by atoms with Crippen LogP contribution in [-0.2, 0) is 0 Å². The van der Waals surface area contributed by atoms with E-state index in [0.717, 1.165) is 12.6 Å². The fraction of sp³-hybridized carbons (Fsp3) is 1.00. The molecule has 14 heavy (non-hydrogen) atoms. The van der Waals surface area contributed by atoms with Gasteiger partial charge in [-0.25, -0.2) is 0 Å². The molecular weight excluding hydrogens is 198 g/mol. The molecule has 2 rings (SSSR count). The van der Waals surface area contributed by atoms with Crippen molar-refractivity contribution in [1.82, 2.24) is 9.80 Å². The highest BCUT2D eigenvalue weighted by Gasteiger charge is 2.28. The number of piperidine rings is 1. The van der Waals surface area contributed by atoms with Crippen LogP contribution in [0.2, 0.25) is 0 Å². The lowest BCUT2D eigenvalue weighted by Crippen LogP contribution is -2.43. The summed E-state index contributed by atoms with van der Waals surface area (Å²) in [7, 11) is 2.21. The molecular formula is C10H22ClN3. The van der Waals surface area contributed by atoms with Gasteiger partial charge in [0, 0.05) is 25.2 Å². The summed E-state index contributed by atoms with van der Waals surface area (Å²) in [6, 6.07) is 1.27. The smallest absolute Gasteiger partial charge is 0.0180 e. The van der Waals surface area contributed by atoms with Gasteiger partial charge in [0.1, 0.15) is 0 Å². The van der Waals surface area contributed by atoms with Gasteiger partial charge in [-0.2, -0.15) is 0 Å². The maximum Gasteiger partial charge on any atom is 0.0180 e. The van der Waals surface area contributed by atoms with E-state index in [4.69, 9.17) is 5.73 Å². The van der Waals surface area contributed by atoms with Gasteiger partial charge in [-0.15, -0.1) is 12.4 Å². The Morgan fingerprint density at radius 2 is 1.71 bits per heavy atom. The first-order valence-electron chi connectivity index (χ1n) is 5.44. The fourth-order valence-electron chi connectivity index (χ4n) is 2.51. The summed E-state index contributed by atoms with van der Waals surface area (Å²) in [5, 5.41) is 0. The molecule has 2 aliphatic heterocycles. The van der Waals surface area contributed by atoms with Crippen molar-refractivity contribution < 1.29 is 0 Å². The molecule has 0 aliphatic carbocycles. The molecule has 0 amide bonds. The van der Waals surface area contributed by atoms with E-state index in [1.165, 1.54) is 38.9 Å². The Morgan fingerprint density at radius 1 is 1.07 bits per heavy atom. The summed E-state index contributed by atoms with van der Waals surface area (Å²) in [6.45, 7) is 4.89. The molecule has 0 unspecified atom stereocenters. The summed E-state index contributed by atoms with van der Waals surface area (Å²) >= 11 is 0. The van der Waals surface area contributed by atoms with Crippen molar-refractivity contribution >= 4 is 12.4 Å². The molecule has 2 saturated heterocycles. The Balaban J connectivity index is 0.000000980. The second-order valence-electron chi connectivity index (χ2n) is 4.58. The molecule has 84 valence electrons. The highest BCUT2D eigenvalue weighted by Crippen LogP contribution is 2.19. The third-order valence-electron chi connectivity index (χ3n) is 3.46. The van der Waals surface area contributed by atoms with E-state index in [1.54, 1.807) is 0 Å². The average molecular weight is 220 g/mol. The van der Waals surface area contributed by atoms with E-state index >= 15 is 0 Å². The van der Waals surface area contributed by atoms with E-state index in [-0.39, 0.29) is 12.4 Å². The number of halogens is 1. The van der Waals surface area contributed by atoms with Gasteiger partial charge >= 0.3 is 0 Å². The lowest BCUT2D eigenvalue weighted by molar-refractivity contribution is 0.142. The van der Waals surface area contributed by atoms with Crippen LogP contribution in [-0.4, -0.2) is 55.1 Å². The zero-order valence-corrected chi connectivity index (χ0v) is 9.80. The zero-order valence-electron chi connectivity index (χ0n) is 8.98. The van der Waals surface area contributed by atoms with Gasteiger partial charge in [0.2, 0.25) is 0 Å². The number of rotatable bonds is 1. The van der Waals surface area contributed by atoms with Crippen molar-refractivity contribution in [2.24, 2.45) is 5.73 Å². The summed E-state index contributed by atoms with van der Waals surface area (Å²) in [5.74, 6) is 0. The molecule has 0 bridgehead atoms. The van der Waals surface area contributed by atoms with Crippen LogP contribution in [0.5, 0.6) is 0 Å². The second kappa shape index (κ2) is 5.31. The number of hydrogen-bond donors (Lipinski definition) is 1. The predicted molar refractivity (Wildman–Crippen MR) is 61.9 cm³/mol. The maximum atomic E-state index is 5.91. The van der Waals surface area contributed by atoms with E-state index in [9.17, 15) is 0 Å². The lowest BCUT2D eigenvalue weighted by Gasteiger charge is -2.34. The van der Waals surface area contributed by atoms with Gasteiger partial charge in [-0.1, -0.05) is 0 Å². The van der Waals surface area contributed by atoms with Crippen molar-refractivity contribution in [3.05, 3.63) is 0 Å². The molecule has 1 atom stereocenters. The third-order valence-corrected chi connectivity index (χ3v) is 3.46. The van der Waals surface area contributed by atoms with Crippen LogP contribution in [0.4, 0.5) is 0 Å². The van der Waals surface area contributed by atoms with Gasteiger partial charge in [0.05, 0.1) is 0 Å². The molecule has 2 N–H and O–H groups in total. The topological polar surface area (TPSA) is 32.5 Å². The monoisotopic (exact) mass is 219 g/mol. The second-order valence-corrected chi connectivity index (χ2v) is 4.58. The number of hydrogen-bond acceptors (Lipinski definition) is 3. The van der Waals surface area contributed by atoms with Gasteiger partial charge in [0.15, 0.2) is 0 Å². The minimum absolute atomic E-state index is 0. The van der Waals surface area contributed by atoms with Gasteiger partial charge < -0.3 is 10.6 Å². The van der Waals surface area contributed by atoms with Crippen molar-refractivity contribution in [2.45, 2.75) is 31.3 Å². The fourth-order valence-corrected chi connectivity index (χ4v) is 2.51. The van der Waals surface area contributed by atoms with Crippen LogP contribution in [0.1, 0.15) is 19.3 Å². The zero-order chi connectivity index (χ0) is 9.26. The van der Waals surface area contributed by atoms with Crippen LogP contribution in [0.15, 0.2) is 0 Å². The number of likely N-dealkylation sites (tertiary alicyclic amines) is 2. The molecule has 4 heteroatoms. The summed E-state index contributed by atoms with van der Waals surface area (Å²) in [5.41, 5.74) is 5.91. The Labute approximate surface area is 93.0 Å². The van der Waals surface area contributed by atoms with Crippen molar-refractivity contribution in [2.75, 3.05) is 33.2 Å². The molecule has 0 aromatic heterocycles. The molecule has 0 aromatic rings. The SMILES string of the molecule is CN1CCC(N2CC[C@H](N)C2)CC1.Cl. The maximum absolute atomic E-state index is 5.91. The predicted octanol–water partition coefficient (Wildman–Crippen LogP) is 0.535. The Hall–Kier alpha value is 0.170. The van der Waals surface area contributed by atoms with Crippen LogP contribution in [0, 0.1) is 0 Å². The molecule has 0 aromatic carbocycles. The minimum Gasteiger partial charge on any atom is -0.326 e. The van der Waals surface area contributed by atoms with Crippen LogP contribution >= 0.6 is 12.4 Å². The standard InChI is InChI=1S/C10H21N3.ClH/c1-12-5-3-10(4-6-12)13-7-2-9(11)8-13;/h9-10H,2-8,11H2,1H3;1H/t9-;/m0./s1. The quantitative estimate of drug-likeness (QED) is 0.699. The summed E-state index contributed by atoms with van der Waals surface area (Å²) in [6.07, 6.45) is 3.87. The van der Waals surface area contributed by atoms with Crippen LogP contribution in [0.25, 0.3) is 0 Å². The molecule has 2 heterocycles. The highest BCUT2D eigenvalue weighted by molar-refractivity contribution is 5.85. The van der Waals surface area contributed by atoms with Crippen LogP contribution in [0.3, 0.4) is 0 Å². The lowest BCUT2D eigenvalue weighted by atomic mass is 10.0. The van der Waals surface area contributed by atoms with E-state index < -0.39 is 0 Å². The van der Waals surface area contributed by atoms with Crippen molar-refractivity contribution in [1.29, 1.82) is 0 Å². The molecule has 0 spiro atoms. The molecule has 2 aliphatic rings. The first-order valence-corrected chi connectivity index (χ1v) is 5.44. The Kier molecular flexibility index (Phi) is 4.64. The van der Waals surface area contributed by atoms with Crippen LogP contribution < -0.4 is 5.73 Å². The first kappa shape index (κ1) is 12.2. The van der Waals surface area contributed by atoms with E-state index in [2.05, 4.69) is 16.8 Å². The molecule has 0 saturated carbocycles. The van der Waals surface area contributed by atoms with Crippen molar-refractivity contribution in [3.8, 4) is 0 Å².